The van der Waals surface area contributed by atoms with Gasteiger partial charge in [0.25, 0.3) is 0 Å². The molecule has 198 valence electrons. The van der Waals surface area contributed by atoms with Crippen molar-refractivity contribution in [3.63, 3.8) is 0 Å². The first kappa shape index (κ1) is 30.3. The fourth-order valence-electron chi connectivity index (χ4n) is 3.75. The first-order chi connectivity index (χ1) is 19.1. The van der Waals surface area contributed by atoms with Gasteiger partial charge in [-0.25, -0.2) is 0 Å². The normalized spacial score (nSPS) is 9.68. The van der Waals surface area contributed by atoms with Gasteiger partial charge >= 0.3 is 20.1 Å². The quantitative estimate of drug-likeness (QED) is 0.174. The smallest absolute Gasteiger partial charge is 0.305 e. The summed E-state index contributed by atoms with van der Waals surface area (Å²) >= 11 is 0. The molecule has 0 unspecified atom stereocenters. The van der Waals surface area contributed by atoms with E-state index < -0.39 is 0 Å². The predicted molar refractivity (Wildman–Crippen MR) is 160 cm³/mol. The Bertz CT molecular complexity index is 1380. The molecule has 3 aromatic heterocycles. The number of hydrogen-bond donors (Lipinski definition) is 0. The second-order valence-corrected chi connectivity index (χ2v) is 8.98. The van der Waals surface area contributed by atoms with Crippen molar-refractivity contribution in [2.45, 2.75) is 20.8 Å². The van der Waals surface area contributed by atoms with Crippen molar-refractivity contribution in [3.05, 3.63) is 163 Å². The van der Waals surface area contributed by atoms with E-state index in [0.29, 0.717) is 0 Å². The monoisotopic (exact) mass is 697 g/mol. The van der Waals surface area contributed by atoms with Crippen molar-refractivity contribution >= 4 is 0 Å². The summed E-state index contributed by atoms with van der Waals surface area (Å²) in [5.74, 6) is 0. The van der Waals surface area contributed by atoms with Crippen LogP contribution in [0.25, 0.3) is 33.8 Å². The van der Waals surface area contributed by atoms with Gasteiger partial charge in [-0.3, -0.25) is 0 Å². The molecule has 0 saturated carbocycles. The van der Waals surface area contributed by atoms with Crippen LogP contribution in [-0.2, 0) is 20.1 Å². The van der Waals surface area contributed by atoms with Crippen molar-refractivity contribution in [1.82, 2.24) is 15.0 Å². The van der Waals surface area contributed by atoms with Gasteiger partial charge in [-0.05, 0) is 35.3 Å². The van der Waals surface area contributed by atoms with Crippen LogP contribution in [0.3, 0.4) is 0 Å². The Balaban J connectivity index is 0.000000163. The van der Waals surface area contributed by atoms with Gasteiger partial charge in [0.2, 0.25) is 0 Å². The molecule has 0 N–H and O–H groups in total. The van der Waals surface area contributed by atoms with Crippen LogP contribution in [0.15, 0.2) is 128 Å². The molecule has 0 aliphatic rings. The van der Waals surface area contributed by atoms with E-state index in [1.54, 1.807) is 18.6 Å². The molecule has 0 spiro atoms. The first-order valence-corrected chi connectivity index (χ1v) is 12.8. The van der Waals surface area contributed by atoms with E-state index in [1.165, 1.54) is 16.7 Å². The predicted octanol–water partition coefficient (Wildman–Crippen LogP) is 8.57. The molecule has 0 fully saturated rings. The van der Waals surface area contributed by atoms with Crippen molar-refractivity contribution in [3.8, 4) is 33.8 Å². The van der Waals surface area contributed by atoms with Crippen molar-refractivity contribution in [2.24, 2.45) is 0 Å². The van der Waals surface area contributed by atoms with Crippen molar-refractivity contribution in [2.75, 3.05) is 0 Å². The number of benzene rings is 3. The van der Waals surface area contributed by atoms with Gasteiger partial charge in [0.05, 0.1) is 0 Å². The summed E-state index contributed by atoms with van der Waals surface area (Å²) in [6.07, 6.45) is 5.39. The standard InChI is InChI=1S/3C12H10N.Ir/c3*1-10-5-4-6-11(9-10)12-7-2-3-8-13-12;/h3*2-5,7-9H,1H3;/q3*-1;+3. The molecule has 4 heteroatoms. The summed E-state index contributed by atoms with van der Waals surface area (Å²) in [4.78, 5) is 12.8. The number of pyridine rings is 3. The molecule has 3 heterocycles. The molecule has 40 heavy (non-hydrogen) atoms. The van der Waals surface area contributed by atoms with Crippen LogP contribution < -0.4 is 0 Å². The third kappa shape index (κ3) is 9.50. The Morgan fingerprint density at radius 3 is 0.950 bits per heavy atom. The molecule has 0 atom stereocenters. The Kier molecular flexibility index (Phi) is 12.1. The van der Waals surface area contributed by atoms with Gasteiger partial charge in [-0.1, -0.05) is 57.2 Å². The Labute approximate surface area is 251 Å². The van der Waals surface area contributed by atoms with E-state index in [0.717, 1.165) is 33.8 Å². The molecule has 6 aromatic rings. The van der Waals surface area contributed by atoms with E-state index in [9.17, 15) is 0 Å². The molecule has 3 aromatic carbocycles. The summed E-state index contributed by atoms with van der Waals surface area (Å²) in [7, 11) is 0. The number of aromatic nitrogens is 3. The van der Waals surface area contributed by atoms with E-state index in [-0.39, 0.29) is 20.1 Å². The van der Waals surface area contributed by atoms with E-state index in [4.69, 9.17) is 0 Å². The van der Waals surface area contributed by atoms with Crippen LogP contribution in [0.4, 0.5) is 0 Å². The average Bonchev–Trinajstić information content (AvgIpc) is 2.99. The van der Waals surface area contributed by atoms with Gasteiger partial charge < -0.3 is 15.0 Å². The van der Waals surface area contributed by atoms with Crippen LogP contribution >= 0.6 is 0 Å². The van der Waals surface area contributed by atoms with Gasteiger partial charge in [0.15, 0.2) is 0 Å². The molecular weight excluding hydrogens is 667 g/mol. The molecule has 0 amide bonds. The number of rotatable bonds is 3. The first-order valence-electron chi connectivity index (χ1n) is 12.8. The second kappa shape index (κ2) is 16.0. The molecule has 3 nitrogen and oxygen atoms in total. The Hall–Kier alpha value is -4.24. The van der Waals surface area contributed by atoms with Gasteiger partial charge in [-0.15, -0.1) is 106 Å². The van der Waals surface area contributed by atoms with Crippen LogP contribution in [0.5, 0.6) is 0 Å². The average molecular weight is 697 g/mol. The van der Waals surface area contributed by atoms with E-state index in [2.05, 4.69) is 72.1 Å². The van der Waals surface area contributed by atoms with Crippen LogP contribution in [-0.4, -0.2) is 15.0 Å². The zero-order valence-corrected chi connectivity index (χ0v) is 25.2. The summed E-state index contributed by atoms with van der Waals surface area (Å²) in [6.45, 7) is 6.21. The minimum atomic E-state index is 0. The van der Waals surface area contributed by atoms with E-state index >= 15 is 0 Å². The zero-order chi connectivity index (χ0) is 27.3. The second-order valence-electron chi connectivity index (χ2n) is 8.98. The molecule has 0 radical (unpaired) electrons. The minimum absolute atomic E-state index is 0. The summed E-state index contributed by atoms with van der Waals surface area (Å²) in [6, 6.07) is 45.3. The fraction of sp³-hybridized carbons (Fsp3) is 0.0833. The third-order valence-corrected chi connectivity index (χ3v) is 5.69. The van der Waals surface area contributed by atoms with Crippen LogP contribution in [0.2, 0.25) is 0 Å². The molecule has 6 rings (SSSR count). The fourth-order valence-corrected chi connectivity index (χ4v) is 3.75. The minimum Gasteiger partial charge on any atom is -0.305 e. The van der Waals surface area contributed by atoms with Crippen molar-refractivity contribution in [1.29, 1.82) is 0 Å². The van der Waals surface area contributed by atoms with Crippen LogP contribution in [0.1, 0.15) is 16.7 Å². The third-order valence-electron chi connectivity index (χ3n) is 5.69. The summed E-state index contributed by atoms with van der Waals surface area (Å²) in [5.41, 5.74) is 9.81. The van der Waals surface area contributed by atoms with Gasteiger partial charge in [-0.2, -0.15) is 0 Å². The SMILES string of the molecule is Cc1cc[c-]c(-c2ccccn2)c1.Cc1cc[c-]c(-c2ccccn2)c1.Cc1cc[c-]c(-c2ccccn2)c1.[Ir+3]. The molecule has 0 aliphatic heterocycles. The Morgan fingerprint density at radius 1 is 0.425 bits per heavy atom. The number of hydrogen-bond acceptors (Lipinski definition) is 3. The number of nitrogens with zero attached hydrogens (tertiary/aromatic N) is 3. The van der Waals surface area contributed by atoms with Gasteiger partial charge in [0, 0.05) is 18.6 Å². The molecule has 0 saturated heterocycles. The van der Waals surface area contributed by atoms with Gasteiger partial charge in [0.1, 0.15) is 0 Å². The topological polar surface area (TPSA) is 38.7 Å². The largest absolute Gasteiger partial charge is 3.00 e. The van der Waals surface area contributed by atoms with E-state index in [1.807, 2.05) is 91.0 Å². The summed E-state index contributed by atoms with van der Waals surface area (Å²) < 4.78 is 0. The Morgan fingerprint density at radius 2 is 0.725 bits per heavy atom. The summed E-state index contributed by atoms with van der Waals surface area (Å²) in [5, 5.41) is 0. The maximum absolute atomic E-state index is 4.26. The maximum atomic E-state index is 4.26. The van der Waals surface area contributed by atoms with Crippen molar-refractivity contribution < 1.29 is 20.1 Å². The van der Waals surface area contributed by atoms with Crippen LogP contribution in [0, 0.1) is 39.0 Å². The zero-order valence-electron chi connectivity index (χ0n) is 22.8. The molecule has 0 aliphatic carbocycles. The maximum Gasteiger partial charge on any atom is 3.00 e. The number of aryl methyl sites for hydroxylation is 3. The molecule has 0 bridgehead atoms. The molecular formula is C36H30IrN3.